The van der Waals surface area contributed by atoms with Crippen molar-refractivity contribution >= 4 is 73.8 Å². The summed E-state index contributed by atoms with van der Waals surface area (Å²) >= 11 is 0. The summed E-state index contributed by atoms with van der Waals surface area (Å²) in [4.78, 5) is 52.8. The molecule has 12 aliphatic heterocycles. The number of amides is 3. The van der Waals surface area contributed by atoms with Gasteiger partial charge in [0.15, 0.2) is 23.3 Å². The molecule has 36 heteroatoms. The number of ether oxygens (including phenoxy) is 4. The lowest BCUT2D eigenvalue weighted by Crippen LogP contribution is -2.40. The molecular weight excluding hydrogens is 1840 g/mol. The van der Waals surface area contributed by atoms with Gasteiger partial charge >= 0.3 is 6.43 Å². The Labute approximate surface area is 833 Å². The summed E-state index contributed by atoms with van der Waals surface area (Å²) in [7, 11) is 4.47. The lowest BCUT2D eigenvalue weighted by Gasteiger charge is -2.33. The van der Waals surface area contributed by atoms with E-state index in [0.29, 0.717) is 82.7 Å². The van der Waals surface area contributed by atoms with E-state index >= 15 is 0 Å². The van der Waals surface area contributed by atoms with Gasteiger partial charge in [-0.25, -0.2) is 8.42 Å². The van der Waals surface area contributed by atoms with E-state index < -0.39 is 22.4 Å². The van der Waals surface area contributed by atoms with Crippen LogP contribution in [0.2, 0.25) is 0 Å². The number of halogens is 2. The van der Waals surface area contributed by atoms with Crippen molar-refractivity contribution in [3.8, 4) is 44.5 Å². The zero-order chi connectivity index (χ0) is 97.8. The van der Waals surface area contributed by atoms with Crippen LogP contribution in [-0.2, 0) is 149 Å². The first kappa shape index (κ1) is 95.6. The van der Waals surface area contributed by atoms with Gasteiger partial charge < -0.3 is 53.2 Å². The number of hydrogen-bond acceptors (Lipinski definition) is 21. The first-order chi connectivity index (χ1) is 69.6. The molecule has 5 fully saturated rings. The van der Waals surface area contributed by atoms with Gasteiger partial charge in [-0.05, 0) is 215 Å². The molecule has 0 N–H and O–H groups in total. The SMILES string of the molecule is CCCC(=O)N1CCc2c(c(N3CCCc4cc(-c5cnn(C)c5)ccc43)nn2C2CCOCC2)C1.Cn1cc(-c2ccc3c(c2)CCCN3c2nn(C3CCOCC3)c3c2CN(C(=O)C(F)F)CC3)cn1.Cn1cc(-c2ccc3c(c2)CCCN3c2nn(C3CCOCC3)c3c2CN(C(=O)C2CC2)CC3)cn1.Cn1cc(-c2ccc3c(c2)CCCN3c2nn(C3CCOCC3)c3c2CN(S(C)(=O)=O)CC3)cn1. The molecule has 0 unspecified atom stereocenters. The molecular formula is C107H132F2N24O9S. The van der Waals surface area contributed by atoms with Crippen LogP contribution in [0.4, 0.5) is 54.8 Å². The fraction of sp³-hybridized carbons (Fsp3) is 0.523. The van der Waals surface area contributed by atoms with E-state index in [-0.39, 0.29) is 31.0 Å². The van der Waals surface area contributed by atoms with Crippen LogP contribution < -0.4 is 19.6 Å². The summed E-state index contributed by atoms with van der Waals surface area (Å²) in [5.41, 5.74) is 28.5. The number of sulfonamides is 1. The molecule has 1 saturated carbocycles. The highest BCUT2D eigenvalue weighted by Crippen LogP contribution is 2.49. The zero-order valence-corrected chi connectivity index (χ0v) is 84.0. The zero-order valence-electron chi connectivity index (χ0n) is 83.2. The second-order valence-electron chi connectivity index (χ2n) is 40.9. The van der Waals surface area contributed by atoms with Crippen molar-refractivity contribution < 1.29 is 50.5 Å². The summed E-state index contributed by atoms with van der Waals surface area (Å²) in [5, 5.41) is 38.2. The molecule has 143 heavy (non-hydrogen) atoms. The Morgan fingerprint density at radius 3 is 0.958 bits per heavy atom. The molecule has 12 aromatic rings. The molecule has 0 atom stereocenters. The average Bonchev–Trinajstić information content (AvgIpc) is 1.61. The summed E-state index contributed by atoms with van der Waals surface area (Å²) < 4.78 is 91.7. The number of aryl methyl sites for hydroxylation is 8. The fourth-order valence-electron chi connectivity index (χ4n) is 23.7. The Kier molecular flexibility index (Phi) is 27.5. The molecule has 13 aliphatic rings. The molecule has 20 heterocycles. The van der Waals surface area contributed by atoms with Crippen LogP contribution in [0.25, 0.3) is 44.5 Å². The van der Waals surface area contributed by atoms with Crippen molar-refractivity contribution in [3.05, 3.63) is 190 Å². The molecule has 1 aliphatic carbocycles. The molecule has 0 bridgehead atoms. The van der Waals surface area contributed by atoms with Crippen molar-refractivity contribution in [2.45, 2.75) is 218 Å². The van der Waals surface area contributed by atoms with Crippen LogP contribution in [0.3, 0.4) is 0 Å². The molecule has 3 amide bonds. The largest absolute Gasteiger partial charge is 0.381 e. The summed E-state index contributed by atoms with van der Waals surface area (Å²) in [6.07, 6.45) is 36.5. The molecule has 4 saturated heterocycles. The number of carbonyl (C=O) groups excluding carboxylic acids is 3. The number of nitrogens with zero attached hydrogens (tertiary/aromatic N) is 24. The van der Waals surface area contributed by atoms with Crippen LogP contribution in [-0.4, -0.2) is 241 Å². The van der Waals surface area contributed by atoms with Crippen molar-refractivity contribution in [2.24, 2.45) is 34.1 Å². The number of anilines is 8. The van der Waals surface area contributed by atoms with Gasteiger partial charge in [0.05, 0.1) is 74.8 Å². The van der Waals surface area contributed by atoms with Gasteiger partial charge in [0.1, 0.15) is 0 Å². The molecule has 0 spiro atoms. The average molecular weight is 1970 g/mol. The molecule has 0 radical (unpaired) electrons. The van der Waals surface area contributed by atoms with Gasteiger partial charge in [-0.15, -0.1) is 0 Å². The predicted octanol–water partition coefficient (Wildman–Crippen LogP) is 15.3. The highest BCUT2D eigenvalue weighted by molar-refractivity contribution is 7.88. The van der Waals surface area contributed by atoms with Gasteiger partial charge in [0.25, 0.3) is 5.91 Å². The van der Waals surface area contributed by atoms with Crippen molar-refractivity contribution in [1.82, 2.24) is 97.2 Å². The number of hydrogen-bond donors (Lipinski definition) is 0. The molecule has 25 rings (SSSR count). The number of benzene rings is 4. The van der Waals surface area contributed by atoms with Crippen molar-refractivity contribution in [3.63, 3.8) is 0 Å². The van der Waals surface area contributed by atoms with Gasteiger partial charge in [-0.3, -0.25) is 51.8 Å². The molecule has 754 valence electrons. The highest BCUT2D eigenvalue weighted by Gasteiger charge is 2.43. The summed E-state index contributed by atoms with van der Waals surface area (Å²) in [5.74, 6) is 3.54. The maximum Gasteiger partial charge on any atom is 0.315 e. The Balaban J connectivity index is 0.000000109. The second kappa shape index (κ2) is 41.1. The first-order valence-corrected chi connectivity index (χ1v) is 53.9. The van der Waals surface area contributed by atoms with Crippen LogP contribution >= 0.6 is 0 Å². The fourth-order valence-corrected chi connectivity index (χ4v) is 24.5. The predicted molar refractivity (Wildman–Crippen MR) is 541 cm³/mol. The van der Waals surface area contributed by atoms with Gasteiger partial charge in [-0.1, -0.05) is 31.2 Å². The van der Waals surface area contributed by atoms with Crippen LogP contribution in [0, 0.1) is 5.92 Å². The van der Waals surface area contributed by atoms with E-state index in [1.54, 1.807) is 8.99 Å². The normalized spacial score (nSPS) is 19.2. The van der Waals surface area contributed by atoms with E-state index in [1.165, 1.54) is 89.8 Å². The Morgan fingerprint density at radius 2 is 0.664 bits per heavy atom. The summed E-state index contributed by atoms with van der Waals surface area (Å²) in [6.45, 7) is 15.9. The first-order valence-electron chi connectivity index (χ1n) is 52.0. The quantitative estimate of drug-likeness (QED) is 0.0818. The van der Waals surface area contributed by atoms with Crippen LogP contribution in [0.1, 0.15) is 201 Å². The molecule has 8 aromatic heterocycles. The van der Waals surface area contributed by atoms with Crippen molar-refractivity contribution in [2.75, 3.05) is 131 Å². The summed E-state index contributed by atoms with van der Waals surface area (Å²) in [6, 6.07) is 27.9. The van der Waals surface area contributed by atoms with Crippen LogP contribution in [0.5, 0.6) is 0 Å². The topological polar surface area (TPSA) is 291 Å². The van der Waals surface area contributed by atoms with Crippen molar-refractivity contribution in [1.29, 1.82) is 0 Å². The maximum absolute atomic E-state index is 13.3. The third-order valence-corrected chi connectivity index (χ3v) is 32.6. The minimum absolute atomic E-state index is 0.163. The van der Waals surface area contributed by atoms with Gasteiger partial charge in [0, 0.05) is 293 Å². The number of aromatic nitrogens is 16. The van der Waals surface area contributed by atoms with Crippen LogP contribution in [0.15, 0.2) is 122 Å². The molecule has 33 nitrogen and oxygen atoms in total. The monoisotopic (exact) mass is 1970 g/mol. The third kappa shape index (κ3) is 19.7. The number of rotatable bonds is 17. The third-order valence-electron chi connectivity index (χ3n) is 31.4. The van der Waals surface area contributed by atoms with Gasteiger partial charge in [-0.2, -0.15) is 53.9 Å². The highest BCUT2D eigenvalue weighted by atomic mass is 32.2. The van der Waals surface area contributed by atoms with E-state index in [9.17, 15) is 31.6 Å². The minimum Gasteiger partial charge on any atom is -0.381 e. The lowest BCUT2D eigenvalue weighted by atomic mass is 9.96. The van der Waals surface area contributed by atoms with E-state index in [2.05, 4.69) is 156 Å². The Morgan fingerprint density at radius 1 is 0.371 bits per heavy atom. The lowest BCUT2D eigenvalue weighted by molar-refractivity contribution is -0.143. The second-order valence-corrected chi connectivity index (χ2v) is 42.9. The van der Waals surface area contributed by atoms with E-state index in [4.69, 9.17) is 39.3 Å². The molecule has 4 aromatic carbocycles. The Hall–Kier alpha value is -12.2. The van der Waals surface area contributed by atoms with E-state index in [0.717, 1.165) is 293 Å². The van der Waals surface area contributed by atoms with Gasteiger partial charge in [0.2, 0.25) is 21.8 Å². The standard InChI is InChI=1S/C28H34N6O2.C28H36N6O2.C26H30F2N6O2.C25H32N6O3S/c1-31-17-22(16-29-31)20-6-7-25-21(15-20)3-2-11-33(25)27-24-18-32(28(35)19-4-5-19)12-8-26(24)34(30-27)23-9-13-36-14-10-23;1-3-5-27(35)32-13-9-26-24(19-32)28(30-34(26)23-10-14-36-15-11-23)33-12-4-6-21-16-20(7-8-25(21)33)22-17-29-31(2)18-22;1-31-15-19(14-29-31)17-4-5-22-18(13-17)3-2-9-33(22)25-21-16-32(26(35)24(27)28)10-6-23(21)34(30-25)20-7-11-36-12-8-20;1-28-16-20(15-26-28)18-5-6-23-19(14-18)4-3-10-30(23)25-22-17-29(35(2,32)33)11-7-24(22)31(27-25)21-8-12-34-13-9-21/h6-7,15-17,19,23H,2-5,8-14,18H2,1H3;7-8,16-18,23H,3-6,9-15,19H2,1-2H3;4-5,13-15,20,24H,2-3,6-12,16H2,1H3;5-6,14-16,21H,3-4,7-13,17H2,1-2H3. The number of carbonyl (C=O) groups is 3. The smallest absolute Gasteiger partial charge is 0.315 e. The Bertz CT molecular complexity index is 6600. The number of fused-ring (bicyclic) bond motifs is 8. The maximum atomic E-state index is 13.3. The van der Waals surface area contributed by atoms with E-state index in [1.807, 2.05) is 84.3 Å². The number of alkyl halides is 2. The minimum atomic E-state index is -3.28.